The summed E-state index contributed by atoms with van der Waals surface area (Å²) in [7, 11) is 0. The number of aliphatic hydroxyl groups is 2. The van der Waals surface area contributed by atoms with E-state index >= 15 is 0 Å². The molecule has 4 aliphatic rings. The van der Waals surface area contributed by atoms with Gasteiger partial charge in [0, 0.05) is 12.8 Å². The predicted octanol–water partition coefficient (Wildman–Crippen LogP) is 2.93. The summed E-state index contributed by atoms with van der Waals surface area (Å²) >= 11 is 0. The lowest BCUT2D eigenvalue weighted by Crippen LogP contribution is -2.61. The Morgan fingerprint density at radius 2 is 1.86 bits per heavy atom. The van der Waals surface area contributed by atoms with E-state index in [1.165, 1.54) is 19.3 Å². The molecule has 3 heteroatoms. The molecular weight excluding hydrogens is 276 g/mol. The van der Waals surface area contributed by atoms with E-state index in [1.807, 2.05) is 0 Å². The minimum Gasteiger partial charge on any atom is -0.393 e. The minimum atomic E-state index is -0.356. The van der Waals surface area contributed by atoms with Crippen LogP contribution in [0.25, 0.3) is 0 Å². The fourth-order valence-corrected chi connectivity index (χ4v) is 7.23. The minimum absolute atomic E-state index is 0.0560. The Kier molecular flexibility index (Phi) is 3.30. The Hall–Kier alpha value is -0.410. The first-order chi connectivity index (χ1) is 10.3. The topological polar surface area (TPSA) is 57.5 Å². The Balaban J connectivity index is 1.72. The van der Waals surface area contributed by atoms with Crippen LogP contribution in [-0.4, -0.2) is 28.2 Å². The van der Waals surface area contributed by atoms with Crippen LogP contribution in [0.2, 0.25) is 0 Å². The second-order valence-corrected chi connectivity index (χ2v) is 9.27. The molecule has 4 aliphatic carbocycles. The third kappa shape index (κ3) is 1.91. The molecule has 0 saturated heterocycles. The van der Waals surface area contributed by atoms with E-state index in [0.29, 0.717) is 30.5 Å². The number of ketones is 1. The van der Waals surface area contributed by atoms with Crippen LogP contribution in [0.15, 0.2) is 0 Å². The van der Waals surface area contributed by atoms with E-state index < -0.39 is 0 Å². The van der Waals surface area contributed by atoms with Crippen molar-refractivity contribution in [3.05, 3.63) is 0 Å². The molecule has 0 aromatic carbocycles. The number of aliphatic hydroxyl groups excluding tert-OH is 2. The van der Waals surface area contributed by atoms with Gasteiger partial charge in [0.25, 0.3) is 0 Å². The van der Waals surface area contributed by atoms with Crippen LogP contribution < -0.4 is 0 Å². The highest BCUT2D eigenvalue weighted by Crippen LogP contribution is 2.65. The summed E-state index contributed by atoms with van der Waals surface area (Å²) in [6.07, 6.45) is 6.89. The molecule has 22 heavy (non-hydrogen) atoms. The SMILES string of the molecule is C[C@]12CCC[C@@H]1[C@@H]1C[C@H](O)[C@H]3CC(=O)CC[C@]3(C)[C@H]1[C@H](O)C2. The first-order valence-electron chi connectivity index (χ1n) is 9.23. The summed E-state index contributed by atoms with van der Waals surface area (Å²) in [6.45, 7) is 4.61. The zero-order valence-electron chi connectivity index (χ0n) is 13.9. The first kappa shape index (κ1) is 15.1. The van der Waals surface area contributed by atoms with Crippen molar-refractivity contribution in [2.45, 2.75) is 77.4 Å². The van der Waals surface area contributed by atoms with Gasteiger partial charge in [-0.1, -0.05) is 20.3 Å². The highest BCUT2D eigenvalue weighted by Gasteiger charge is 2.62. The lowest BCUT2D eigenvalue weighted by molar-refractivity contribution is -0.195. The summed E-state index contributed by atoms with van der Waals surface area (Å²) in [5.74, 6) is 1.75. The van der Waals surface area contributed by atoms with Crippen molar-refractivity contribution >= 4 is 5.78 Å². The number of carbonyl (C=O) groups excluding carboxylic acids is 1. The van der Waals surface area contributed by atoms with Crippen LogP contribution >= 0.6 is 0 Å². The Morgan fingerprint density at radius 1 is 1.09 bits per heavy atom. The highest BCUT2D eigenvalue weighted by molar-refractivity contribution is 5.79. The van der Waals surface area contributed by atoms with Gasteiger partial charge in [-0.3, -0.25) is 4.79 Å². The Labute approximate surface area is 133 Å². The molecule has 8 atom stereocenters. The number of Topliss-reactive ketones (excluding diaryl/α,β-unsaturated/α-hetero) is 1. The second kappa shape index (κ2) is 4.80. The summed E-state index contributed by atoms with van der Waals surface area (Å²) in [4.78, 5) is 11.9. The molecule has 0 spiro atoms. The molecule has 0 bridgehead atoms. The molecule has 0 aromatic heterocycles. The molecule has 4 fully saturated rings. The van der Waals surface area contributed by atoms with E-state index in [2.05, 4.69) is 13.8 Å². The maximum absolute atomic E-state index is 11.9. The highest BCUT2D eigenvalue weighted by atomic mass is 16.3. The smallest absolute Gasteiger partial charge is 0.133 e. The van der Waals surface area contributed by atoms with Crippen molar-refractivity contribution in [3.63, 3.8) is 0 Å². The maximum Gasteiger partial charge on any atom is 0.133 e. The van der Waals surface area contributed by atoms with Gasteiger partial charge in [0.05, 0.1) is 12.2 Å². The van der Waals surface area contributed by atoms with Gasteiger partial charge in [-0.2, -0.15) is 0 Å². The van der Waals surface area contributed by atoms with Gasteiger partial charge in [-0.05, 0) is 66.6 Å². The molecule has 0 heterocycles. The Morgan fingerprint density at radius 3 is 2.64 bits per heavy atom. The summed E-state index contributed by atoms with van der Waals surface area (Å²) < 4.78 is 0. The third-order valence-electron chi connectivity index (χ3n) is 8.20. The van der Waals surface area contributed by atoms with Crippen LogP contribution in [0.3, 0.4) is 0 Å². The van der Waals surface area contributed by atoms with E-state index in [-0.39, 0.29) is 34.9 Å². The molecule has 2 N–H and O–H groups in total. The summed E-state index contributed by atoms with van der Waals surface area (Å²) in [5.41, 5.74) is 0.216. The number of fused-ring (bicyclic) bond motifs is 5. The molecule has 0 unspecified atom stereocenters. The van der Waals surface area contributed by atoms with E-state index in [4.69, 9.17) is 0 Å². The molecule has 0 radical (unpaired) electrons. The summed E-state index contributed by atoms with van der Waals surface area (Å²) in [6, 6.07) is 0. The van der Waals surface area contributed by atoms with Gasteiger partial charge in [0.1, 0.15) is 5.78 Å². The van der Waals surface area contributed by atoms with Crippen molar-refractivity contribution in [1.29, 1.82) is 0 Å². The van der Waals surface area contributed by atoms with Crippen molar-refractivity contribution in [3.8, 4) is 0 Å². The maximum atomic E-state index is 11.9. The number of carbonyl (C=O) groups is 1. The number of hydrogen-bond acceptors (Lipinski definition) is 3. The molecular formula is C19H30O3. The molecule has 3 nitrogen and oxygen atoms in total. The third-order valence-corrected chi connectivity index (χ3v) is 8.20. The summed E-state index contributed by atoms with van der Waals surface area (Å²) in [5, 5.41) is 21.8. The zero-order valence-corrected chi connectivity index (χ0v) is 13.9. The van der Waals surface area contributed by atoms with E-state index in [1.54, 1.807) is 0 Å². The van der Waals surface area contributed by atoms with Crippen molar-refractivity contribution in [2.75, 3.05) is 0 Å². The largest absolute Gasteiger partial charge is 0.393 e. The van der Waals surface area contributed by atoms with Crippen LogP contribution in [0, 0.1) is 34.5 Å². The fraction of sp³-hybridized carbons (Fsp3) is 0.947. The Bertz CT molecular complexity index is 489. The van der Waals surface area contributed by atoms with Crippen LogP contribution in [0.1, 0.15) is 65.2 Å². The van der Waals surface area contributed by atoms with Crippen LogP contribution in [0.5, 0.6) is 0 Å². The average Bonchev–Trinajstić information content (AvgIpc) is 2.82. The number of rotatable bonds is 0. The van der Waals surface area contributed by atoms with E-state index in [0.717, 1.165) is 19.3 Å². The first-order valence-corrected chi connectivity index (χ1v) is 9.23. The lowest BCUT2D eigenvalue weighted by Gasteiger charge is -2.62. The van der Waals surface area contributed by atoms with Gasteiger partial charge in [-0.25, -0.2) is 0 Å². The van der Waals surface area contributed by atoms with Crippen LogP contribution in [-0.2, 0) is 4.79 Å². The molecule has 0 amide bonds. The van der Waals surface area contributed by atoms with Gasteiger partial charge in [0.15, 0.2) is 0 Å². The monoisotopic (exact) mass is 306 g/mol. The van der Waals surface area contributed by atoms with Crippen molar-refractivity contribution in [2.24, 2.45) is 34.5 Å². The molecule has 0 aromatic rings. The molecule has 0 aliphatic heterocycles. The van der Waals surface area contributed by atoms with Gasteiger partial charge < -0.3 is 10.2 Å². The normalized spacial score (nSPS) is 57.9. The molecule has 4 rings (SSSR count). The lowest BCUT2D eigenvalue weighted by atomic mass is 9.44. The van der Waals surface area contributed by atoms with Crippen molar-refractivity contribution in [1.82, 2.24) is 0 Å². The quantitative estimate of drug-likeness (QED) is 0.723. The zero-order chi connectivity index (χ0) is 15.7. The van der Waals surface area contributed by atoms with E-state index in [9.17, 15) is 15.0 Å². The van der Waals surface area contributed by atoms with Gasteiger partial charge in [0.2, 0.25) is 0 Å². The average molecular weight is 306 g/mol. The van der Waals surface area contributed by atoms with Gasteiger partial charge in [-0.15, -0.1) is 0 Å². The fourth-order valence-electron chi connectivity index (χ4n) is 7.23. The molecule has 4 saturated carbocycles. The van der Waals surface area contributed by atoms with Crippen LogP contribution in [0.4, 0.5) is 0 Å². The number of hydrogen-bond donors (Lipinski definition) is 2. The van der Waals surface area contributed by atoms with Gasteiger partial charge >= 0.3 is 0 Å². The predicted molar refractivity (Wildman–Crippen MR) is 84.1 cm³/mol. The second-order valence-electron chi connectivity index (χ2n) is 9.27. The standard InChI is InChI=1S/C19H30O3/c1-18-6-3-4-13(18)12-9-15(21)14-8-11(20)5-7-19(14,2)17(12)16(22)10-18/h12-17,21-22H,3-10H2,1-2H3/t12-,13+,14+,15-,16+,17+,18+,19-/m0/s1. The van der Waals surface area contributed by atoms with Crippen molar-refractivity contribution < 1.29 is 15.0 Å². The molecule has 124 valence electrons.